The van der Waals surface area contributed by atoms with E-state index < -0.39 is 5.41 Å². The van der Waals surface area contributed by atoms with Crippen molar-refractivity contribution in [2.24, 2.45) is 0 Å². The van der Waals surface area contributed by atoms with Gasteiger partial charge in [-0.3, -0.25) is 4.98 Å². The monoisotopic (exact) mass is 744 g/mol. The summed E-state index contributed by atoms with van der Waals surface area (Å²) in [6.07, 6.45) is 0. The average molecular weight is 745 g/mol. The van der Waals surface area contributed by atoms with Crippen molar-refractivity contribution < 1.29 is 0 Å². The molecule has 1 aliphatic rings. The number of aromatic nitrogens is 4. The van der Waals surface area contributed by atoms with Gasteiger partial charge in [0.2, 0.25) is 0 Å². The molecule has 0 N–H and O–H groups in total. The quantitative estimate of drug-likeness (QED) is 0.163. The van der Waals surface area contributed by atoms with E-state index in [9.17, 15) is 0 Å². The lowest BCUT2D eigenvalue weighted by atomic mass is 9.67. The SMILES string of the molecule is Cc1ccc(-c2cccc(-c3cccc(-c4ccc(C5(c6cccc(-c7nc(C)nc(-c8ccccc8)n7)c6)c6ccccc6-c6ccccc65)cc4)c3)c2)c(C)n1. The van der Waals surface area contributed by atoms with Crippen LogP contribution in [0.3, 0.4) is 0 Å². The van der Waals surface area contributed by atoms with Crippen LogP contribution in [0.1, 0.15) is 39.5 Å². The van der Waals surface area contributed by atoms with E-state index >= 15 is 0 Å². The Bertz CT molecular complexity index is 2940. The molecule has 0 spiro atoms. The van der Waals surface area contributed by atoms with Crippen molar-refractivity contribution in [3.05, 3.63) is 228 Å². The van der Waals surface area contributed by atoms with E-state index in [0.717, 1.165) is 39.2 Å². The third-order valence-corrected chi connectivity index (χ3v) is 11.5. The third-order valence-electron chi connectivity index (χ3n) is 11.5. The minimum absolute atomic E-state index is 0.572. The van der Waals surface area contributed by atoms with Crippen molar-refractivity contribution in [3.63, 3.8) is 0 Å². The van der Waals surface area contributed by atoms with Crippen molar-refractivity contribution in [2.45, 2.75) is 26.2 Å². The van der Waals surface area contributed by atoms with Crippen LogP contribution in [0, 0.1) is 20.8 Å². The van der Waals surface area contributed by atoms with E-state index in [1.807, 2.05) is 44.2 Å². The number of hydrogen-bond acceptors (Lipinski definition) is 4. The lowest BCUT2D eigenvalue weighted by Crippen LogP contribution is -2.28. The molecular weight excluding hydrogens is 705 g/mol. The highest BCUT2D eigenvalue weighted by atomic mass is 15.0. The third kappa shape index (κ3) is 6.02. The van der Waals surface area contributed by atoms with Crippen LogP contribution in [0.5, 0.6) is 0 Å². The number of benzene rings is 7. The first-order valence-electron chi connectivity index (χ1n) is 19.8. The highest BCUT2D eigenvalue weighted by Gasteiger charge is 2.46. The highest BCUT2D eigenvalue weighted by Crippen LogP contribution is 2.56. The number of rotatable bonds is 7. The molecule has 0 unspecified atom stereocenters. The topological polar surface area (TPSA) is 51.6 Å². The molecule has 9 aromatic rings. The molecule has 276 valence electrons. The van der Waals surface area contributed by atoms with Crippen LogP contribution < -0.4 is 0 Å². The van der Waals surface area contributed by atoms with E-state index in [2.05, 4.69) is 165 Å². The summed E-state index contributed by atoms with van der Waals surface area (Å²) < 4.78 is 0. The van der Waals surface area contributed by atoms with Gasteiger partial charge < -0.3 is 0 Å². The van der Waals surface area contributed by atoms with E-state index in [4.69, 9.17) is 19.9 Å². The predicted molar refractivity (Wildman–Crippen MR) is 236 cm³/mol. The van der Waals surface area contributed by atoms with Crippen LogP contribution in [0.4, 0.5) is 0 Å². The lowest BCUT2D eigenvalue weighted by molar-refractivity contribution is 0.768. The molecule has 0 amide bonds. The second-order valence-electron chi connectivity index (χ2n) is 15.1. The summed E-state index contributed by atoms with van der Waals surface area (Å²) in [6.45, 7) is 6.06. The zero-order chi connectivity index (χ0) is 39.2. The number of fused-ring (bicyclic) bond motifs is 3. The Morgan fingerprint density at radius 3 is 1.53 bits per heavy atom. The van der Waals surface area contributed by atoms with Gasteiger partial charge in [-0.15, -0.1) is 0 Å². The molecule has 0 saturated heterocycles. The maximum atomic E-state index is 5.00. The smallest absolute Gasteiger partial charge is 0.163 e. The molecule has 10 rings (SSSR count). The fraction of sp³-hybridized carbons (Fsp3) is 0.0741. The zero-order valence-electron chi connectivity index (χ0n) is 32.7. The molecule has 2 heterocycles. The first kappa shape index (κ1) is 35.1. The van der Waals surface area contributed by atoms with Crippen LogP contribution in [0.25, 0.3) is 67.3 Å². The van der Waals surface area contributed by atoms with Crippen molar-refractivity contribution >= 4 is 0 Å². The van der Waals surface area contributed by atoms with Crippen LogP contribution in [-0.4, -0.2) is 19.9 Å². The summed E-state index contributed by atoms with van der Waals surface area (Å²) in [5.41, 5.74) is 17.8. The Kier molecular flexibility index (Phi) is 8.68. The maximum Gasteiger partial charge on any atom is 0.163 e. The Morgan fingerprint density at radius 2 is 0.862 bits per heavy atom. The van der Waals surface area contributed by atoms with E-state index in [1.165, 1.54) is 50.1 Å². The molecule has 0 aliphatic heterocycles. The van der Waals surface area contributed by atoms with Crippen molar-refractivity contribution in [1.29, 1.82) is 0 Å². The van der Waals surface area contributed by atoms with Gasteiger partial charge >= 0.3 is 0 Å². The van der Waals surface area contributed by atoms with Gasteiger partial charge in [0.15, 0.2) is 11.6 Å². The standard InChI is InChI=1S/C54H40N4/c1-35-26-31-47(36(2)55-35)43-19-12-18-42(33-43)41-17-11-16-40(32-41)38-27-29-45(30-28-38)54(50-24-9-7-22-48(50)49-23-8-10-25-51(49)54)46-21-13-20-44(34-46)53-57-37(3)56-52(58-53)39-14-5-4-6-15-39/h4-34H,1-3H3. The van der Waals surface area contributed by atoms with Crippen LogP contribution in [0.15, 0.2) is 188 Å². The maximum absolute atomic E-state index is 5.00. The van der Waals surface area contributed by atoms with Gasteiger partial charge in [-0.25, -0.2) is 15.0 Å². The predicted octanol–water partition coefficient (Wildman–Crippen LogP) is 12.9. The molecule has 4 nitrogen and oxygen atoms in total. The molecule has 7 aromatic carbocycles. The van der Waals surface area contributed by atoms with E-state index in [0.29, 0.717) is 17.5 Å². The first-order chi connectivity index (χ1) is 28.5. The summed E-state index contributed by atoms with van der Waals surface area (Å²) in [4.78, 5) is 19.3. The van der Waals surface area contributed by atoms with Gasteiger partial charge in [0.1, 0.15) is 5.82 Å². The average Bonchev–Trinajstić information content (AvgIpc) is 3.58. The Morgan fingerprint density at radius 1 is 0.328 bits per heavy atom. The molecule has 2 aromatic heterocycles. The summed E-state index contributed by atoms with van der Waals surface area (Å²) in [5, 5.41) is 0. The van der Waals surface area contributed by atoms with Gasteiger partial charge in [0, 0.05) is 28.1 Å². The van der Waals surface area contributed by atoms with Crippen molar-refractivity contribution in [1.82, 2.24) is 19.9 Å². The van der Waals surface area contributed by atoms with E-state index in [-0.39, 0.29) is 0 Å². The summed E-state index contributed by atoms with van der Waals surface area (Å²) in [6, 6.07) is 67.7. The number of pyridine rings is 1. The number of nitrogens with zero attached hydrogens (tertiary/aromatic N) is 4. The largest absolute Gasteiger partial charge is 0.258 e. The van der Waals surface area contributed by atoms with Gasteiger partial charge in [-0.1, -0.05) is 164 Å². The molecule has 58 heavy (non-hydrogen) atoms. The van der Waals surface area contributed by atoms with Gasteiger partial charge in [-0.05, 0) is 106 Å². The minimum atomic E-state index is -0.572. The summed E-state index contributed by atoms with van der Waals surface area (Å²) >= 11 is 0. The number of hydrogen-bond donors (Lipinski definition) is 0. The van der Waals surface area contributed by atoms with Gasteiger partial charge in [0.05, 0.1) is 5.41 Å². The fourth-order valence-corrected chi connectivity index (χ4v) is 8.89. The Balaban J connectivity index is 1.08. The fourth-order valence-electron chi connectivity index (χ4n) is 8.89. The van der Waals surface area contributed by atoms with Crippen molar-refractivity contribution in [2.75, 3.05) is 0 Å². The molecule has 0 saturated carbocycles. The van der Waals surface area contributed by atoms with Crippen molar-refractivity contribution in [3.8, 4) is 67.3 Å². The molecule has 0 bridgehead atoms. The normalized spacial score (nSPS) is 12.5. The van der Waals surface area contributed by atoms with Gasteiger partial charge in [0.25, 0.3) is 0 Å². The summed E-state index contributed by atoms with van der Waals surface area (Å²) in [5.74, 6) is 2.02. The second-order valence-corrected chi connectivity index (χ2v) is 15.1. The van der Waals surface area contributed by atoms with E-state index in [1.54, 1.807) is 0 Å². The molecule has 0 fully saturated rings. The van der Waals surface area contributed by atoms with Crippen LogP contribution in [0.2, 0.25) is 0 Å². The van der Waals surface area contributed by atoms with Gasteiger partial charge in [-0.2, -0.15) is 0 Å². The first-order valence-corrected chi connectivity index (χ1v) is 19.8. The zero-order valence-corrected chi connectivity index (χ0v) is 32.7. The molecular formula is C54H40N4. The second kappa shape index (κ2) is 14.3. The Hall–Kier alpha value is -7.30. The molecule has 1 aliphatic carbocycles. The number of aryl methyl sites for hydroxylation is 3. The lowest BCUT2D eigenvalue weighted by Gasteiger charge is -2.34. The Labute approximate surface area is 339 Å². The molecule has 4 heteroatoms. The molecule has 0 atom stereocenters. The summed E-state index contributed by atoms with van der Waals surface area (Å²) in [7, 11) is 0. The highest BCUT2D eigenvalue weighted by molar-refractivity contribution is 5.87. The van der Waals surface area contributed by atoms with Crippen LogP contribution >= 0.6 is 0 Å². The minimum Gasteiger partial charge on any atom is -0.258 e. The van der Waals surface area contributed by atoms with Crippen LogP contribution in [-0.2, 0) is 5.41 Å². The molecule has 0 radical (unpaired) electrons.